The molecule has 0 fully saturated rings. The molecule has 0 heterocycles. The molecule has 0 aliphatic heterocycles. The second-order valence-electron chi connectivity index (χ2n) is 7.14. The van der Waals surface area contributed by atoms with E-state index in [1.165, 1.54) is 0 Å². The van der Waals surface area contributed by atoms with Crippen molar-refractivity contribution < 1.29 is 14.2 Å². The number of halogens is 1. The third-order valence-electron chi connectivity index (χ3n) is 4.45. The molecule has 3 nitrogen and oxygen atoms in total. The normalized spacial score (nSPS) is 13.1. The van der Waals surface area contributed by atoms with Crippen LogP contribution in [0.3, 0.4) is 0 Å². The molecule has 0 amide bonds. The monoisotopic (exact) mass is 359 g/mol. The third kappa shape index (κ3) is 6.87. The summed E-state index contributed by atoms with van der Waals surface area (Å²) in [5, 5.41) is 8.89. The van der Waals surface area contributed by atoms with Crippen LogP contribution in [-0.4, -0.2) is 41.5 Å². The van der Waals surface area contributed by atoms with Crippen LogP contribution in [0.25, 0.3) is 0 Å². The van der Waals surface area contributed by atoms with Gasteiger partial charge < -0.3 is 9.84 Å². The summed E-state index contributed by atoms with van der Waals surface area (Å²) in [4.78, 5) is 2.12. The molecule has 0 aromatic heterocycles. The second kappa shape index (κ2) is 10.4. The van der Waals surface area contributed by atoms with Gasteiger partial charge in [0.05, 0.1) is 5.60 Å². The van der Waals surface area contributed by atoms with Crippen LogP contribution < -0.4 is 0 Å². The van der Waals surface area contributed by atoms with E-state index in [1.807, 2.05) is 36.4 Å². The third-order valence-corrected chi connectivity index (χ3v) is 4.45. The van der Waals surface area contributed by atoms with Crippen molar-refractivity contribution in [1.82, 2.24) is 4.90 Å². The Morgan fingerprint density at radius 1 is 0.962 bits per heavy atom. The van der Waals surface area contributed by atoms with Crippen molar-refractivity contribution in [2.24, 2.45) is 0 Å². The van der Waals surface area contributed by atoms with Gasteiger partial charge in [-0.1, -0.05) is 60.7 Å². The largest absolute Gasteiger partial charge is 0.396 e. The molecule has 2 rings (SSSR count). The van der Waals surface area contributed by atoms with Crippen LogP contribution >= 0.6 is 0 Å². The van der Waals surface area contributed by atoms with Crippen LogP contribution in [0, 0.1) is 0 Å². The van der Waals surface area contributed by atoms with Gasteiger partial charge in [0.25, 0.3) is 0 Å². The van der Waals surface area contributed by atoms with E-state index in [0.717, 1.165) is 11.1 Å². The maximum Gasteiger partial charge on any atom is 0.141 e. The van der Waals surface area contributed by atoms with Gasteiger partial charge in [0.1, 0.15) is 6.17 Å². The molecule has 0 saturated heterocycles. The summed E-state index contributed by atoms with van der Waals surface area (Å²) in [5.41, 5.74) is 1.44. The zero-order chi connectivity index (χ0) is 18.8. The molecule has 142 valence electrons. The Morgan fingerprint density at radius 2 is 1.46 bits per heavy atom. The van der Waals surface area contributed by atoms with E-state index in [4.69, 9.17) is 9.84 Å². The smallest absolute Gasteiger partial charge is 0.141 e. The minimum Gasteiger partial charge on any atom is -0.396 e. The first-order valence-corrected chi connectivity index (χ1v) is 9.20. The summed E-state index contributed by atoms with van der Waals surface area (Å²) in [5.74, 6) is 0. The van der Waals surface area contributed by atoms with Crippen molar-refractivity contribution >= 4 is 0 Å². The minimum absolute atomic E-state index is 0.0567. The Morgan fingerprint density at radius 3 is 1.92 bits per heavy atom. The quantitative estimate of drug-likeness (QED) is 0.610. The summed E-state index contributed by atoms with van der Waals surface area (Å²) in [6.45, 7) is 5.63. The van der Waals surface area contributed by atoms with Gasteiger partial charge >= 0.3 is 0 Å². The number of nitrogens with zero attached hydrogens (tertiary/aromatic N) is 1. The van der Waals surface area contributed by atoms with Crippen LogP contribution in [0.15, 0.2) is 60.7 Å². The number of rotatable bonds is 11. The topological polar surface area (TPSA) is 32.7 Å². The van der Waals surface area contributed by atoms with E-state index in [-0.39, 0.29) is 13.2 Å². The molecule has 0 aliphatic rings. The lowest BCUT2D eigenvalue weighted by Gasteiger charge is -2.33. The first-order chi connectivity index (χ1) is 12.5. The van der Waals surface area contributed by atoms with Gasteiger partial charge in [-0.15, -0.1) is 0 Å². The van der Waals surface area contributed by atoms with Gasteiger partial charge in [-0.05, 0) is 31.4 Å². The van der Waals surface area contributed by atoms with Gasteiger partial charge in [0.15, 0.2) is 0 Å². The molecule has 0 bridgehead atoms. The number of hydrogen-bond donors (Lipinski definition) is 1. The van der Waals surface area contributed by atoms with Gasteiger partial charge in [0.2, 0.25) is 0 Å². The lowest BCUT2D eigenvalue weighted by atomic mass is 10.0. The Kier molecular flexibility index (Phi) is 8.23. The highest BCUT2D eigenvalue weighted by Gasteiger charge is 2.32. The van der Waals surface area contributed by atoms with Crippen molar-refractivity contribution in [3.63, 3.8) is 0 Å². The zero-order valence-electron chi connectivity index (χ0n) is 15.8. The van der Waals surface area contributed by atoms with Crippen LogP contribution in [0.5, 0.6) is 0 Å². The zero-order valence-corrected chi connectivity index (χ0v) is 15.8. The number of hydrogen-bond acceptors (Lipinski definition) is 3. The fourth-order valence-corrected chi connectivity index (χ4v) is 2.80. The number of aliphatic hydroxyl groups excluding tert-OH is 1. The average Bonchev–Trinajstić information content (AvgIpc) is 2.63. The van der Waals surface area contributed by atoms with E-state index in [2.05, 4.69) is 29.2 Å². The molecule has 2 aromatic rings. The van der Waals surface area contributed by atoms with Crippen LogP contribution in [0.4, 0.5) is 4.39 Å². The number of benzene rings is 2. The maximum atomic E-state index is 15.0. The first-order valence-electron chi connectivity index (χ1n) is 9.20. The van der Waals surface area contributed by atoms with Crippen molar-refractivity contribution in [3.05, 3.63) is 71.8 Å². The average molecular weight is 359 g/mol. The molecule has 1 N–H and O–H groups in total. The van der Waals surface area contributed by atoms with Crippen LogP contribution in [0.1, 0.15) is 31.4 Å². The Balaban J connectivity index is 2.04. The van der Waals surface area contributed by atoms with Crippen molar-refractivity contribution in [2.75, 3.05) is 19.8 Å². The number of alkyl halides is 1. The maximum absolute atomic E-state index is 15.0. The van der Waals surface area contributed by atoms with Crippen molar-refractivity contribution in [2.45, 2.75) is 45.1 Å². The van der Waals surface area contributed by atoms with Crippen LogP contribution in [-0.2, 0) is 17.8 Å². The van der Waals surface area contributed by atoms with Crippen molar-refractivity contribution in [1.29, 1.82) is 0 Å². The number of aliphatic hydroxyl groups is 1. The van der Waals surface area contributed by atoms with Gasteiger partial charge in [0, 0.05) is 32.8 Å². The van der Waals surface area contributed by atoms with E-state index in [0.29, 0.717) is 26.1 Å². The summed E-state index contributed by atoms with van der Waals surface area (Å²) in [7, 11) is 0. The highest BCUT2D eigenvalue weighted by molar-refractivity contribution is 5.17. The molecule has 1 atom stereocenters. The molecule has 26 heavy (non-hydrogen) atoms. The Labute approximate surface area is 156 Å². The summed E-state index contributed by atoms with van der Waals surface area (Å²) < 4.78 is 20.7. The van der Waals surface area contributed by atoms with E-state index in [1.54, 1.807) is 13.8 Å². The molecular formula is C22H30FNO2. The summed E-state index contributed by atoms with van der Waals surface area (Å²) >= 11 is 0. The Hall–Kier alpha value is -1.75. The van der Waals surface area contributed by atoms with Gasteiger partial charge in [-0.25, -0.2) is 4.39 Å². The predicted octanol–water partition coefficient (Wildman–Crippen LogP) is 4.20. The summed E-state index contributed by atoms with van der Waals surface area (Å²) in [6.07, 6.45) is -0.609. The molecule has 0 aliphatic carbocycles. The lowest BCUT2D eigenvalue weighted by Crippen LogP contribution is -2.44. The standard InChI is InChI=1S/C22H30FNO2/c1-22(2,26-15-9-14-25)21(23)18-24(16-19-10-5-3-6-11-19)17-20-12-7-4-8-13-20/h3-8,10-13,21,25H,9,14-18H2,1-2H3. The van der Waals surface area contributed by atoms with Gasteiger partial charge in [-0.3, -0.25) is 4.90 Å². The minimum atomic E-state index is -1.13. The SMILES string of the molecule is CC(C)(OCCCO)C(F)CN(Cc1ccccc1)Cc1ccccc1. The summed E-state index contributed by atoms with van der Waals surface area (Å²) in [6, 6.07) is 20.2. The molecule has 1 unspecified atom stereocenters. The predicted molar refractivity (Wildman–Crippen MR) is 104 cm³/mol. The first kappa shape index (κ1) is 20.6. The molecule has 2 aromatic carbocycles. The Bertz CT molecular complexity index is 577. The molecule has 0 saturated carbocycles. The fourth-order valence-electron chi connectivity index (χ4n) is 2.80. The van der Waals surface area contributed by atoms with Gasteiger partial charge in [-0.2, -0.15) is 0 Å². The van der Waals surface area contributed by atoms with Crippen molar-refractivity contribution in [3.8, 4) is 0 Å². The molecule has 4 heteroatoms. The van der Waals surface area contributed by atoms with E-state index in [9.17, 15) is 0 Å². The number of ether oxygens (including phenoxy) is 1. The van der Waals surface area contributed by atoms with Crippen LogP contribution in [0.2, 0.25) is 0 Å². The molecule has 0 radical (unpaired) electrons. The second-order valence-corrected chi connectivity index (χ2v) is 7.14. The fraction of sp³-hybridized carbons (Fsp3) is 0.455. The molecular weight excluding hydrogens is 329 g/mol. The molecule has 0 spiro atoms. The van der Waals surface area contributed by atoms with E-state index < -0.39 is 11.8 Å². The lowest BCUT2D eigenvalue weighted by molar-refractivity contribution is -0.0829. The van der Waals surface area contributed by atoms with E-state index >= 15 is 4.39 Å². The highest BCUT2D eigenvalue weighted by atomic mass is 19.1. The highest BCUT2D eigenvalue weighted by Crippen LogP contribution is 2.21.